The van der Waals surface area contributed by atoms with E-state index in [0.717, 1.165) is 50.0 Å². The third-order valence-corrected chi connectivity index (χ3v) is 24.0. The molecule has 9 aliphatic heterocycles. The third-order valence-electron chi connectivity index (χ3n) is 24.0. The van der Waals surface area contributed by atoms with Gasteiger partial charge in [-0.1, -0.05) is 45.9 Å². The quantitative estimate of drug-likeness (QED) is 0.0493. The molecule has 0 radical (unpaired) electrons. The molecule has 9 atom stereocenters. The first kappa shape index (κ1) is 90.8. The van der Waals surface area contributed by atoms with Crippen molar-refractivity contribution in [3.05, 3.63) is 126 Å². The Kier molecular flexibility index (Phi) is 27.5. The fourth-order valence-corrected chi connectivity index (χ4v) is 17.2. The van der Waals surface area contributed by atoms with Crippen molar-refractivity contribution < 1.29 is 101 Å². The second-order valence-electron chi connectivity index (χ2n) is 32.7. The summed E-state index contributed by atoms with van der Waals surface area (Å²) in [5.41, 5.74) is 27.3. The van der Waals surface area contributed by atoms with E-state index in [1.54, 1.807) is 64.6 Å². The van der Waals surface area contributed by atoms with Crippen LogP contribution in [0.3, 0.4) is 0 Å². The molecule has 8 aromatic rings. The van der Waals surface area contributed by atoms with Gasteiger partial charge in [-0.2, -0.15) is 0 Å². The number of imidazole rings is 4. The van der Waals surface area contributed by atoms with Crippen LogP contribution >= 0.6 is 0 Å². The maximum atomic E-state index is 15.2. The summed E-state index contributed by atoms with van der Waals surface area (Å²) in [6.07, 6.45) is -0.994. The Morgan fingerprint density at radius 3 is 1.34 bits per heavy atom. The molecule has 5 fully saturated rings. The van der Waals surface area contributed by atoms with E-state index in [4.69, 9.17) is 51.4 Å². The van der Waals surface area contributed by atoms with Gasteiger partial charge in [0.1, 0.15) is 110 Å². The SMILES string of the molecule is C=C1OC[C@@H](C(F)F)N1c1cn2c(n1)-c1ccc(N3CC[C@@H](C)[C@H]3C(N)=O)cc1OCC2.CC[C@H](Cc1ccc2c(c1)OCCn1cc(N3C(=O)CN(C)C[C@H]3C(F)F)nc1-2)C(N)=O.CC[C@H](Cc1ccc2c(c1)OCCn1cc(N3C(=O)COC[C@H]3C(F)F)nc1-2)C(N)=O.C[C@H](Cc1ccc2c(c1F)OCCn1cc(N3C(=O)CN(C)C[C@H]3C(F)F)nc1-2)C(N)=O. The minimum absolute atomic E-state index is 0.00114. The minimum Gasteiger partial charge on any atom is -0.491 e. The van der Waals surface area contributed by atoms with Crippen molar-refractivity contribution in [1.29, 1.82) is 0 Å². The lowest BCUT2D eigenvalue weighted by molar-refractivity contribution is -0.130. The molecule has 0 aliphatic carbocycles. The van der Waals surface area contributed by atoms with Crippen LogP contribution in [0.4, 0.5) is 68.5 Å². The van der Waals surface area contributed by atoms with E-state index in [1.165, 1.54) is 17.2 Å². The highest BCUT2D eigenvalue weighted by Gasteiger charge is 2.45. The van der Waals surface area contributed by atoms with Crippen molar-refractivity contribution in [3.8, 4) is 68.5 Å². The number of ether oxygens (including phenoxy) is 6. The normalized spacial score (nSPS) is 21.0. The number of benzene rings is 4. The molecule has 7 amide bonds. The van der Waals surface area contributed by atoms with Gasteiger partial charge in [-0.05, 0) is 124 Å². The Morgan fingerprint density at radius 2 is 0.906 bits per heavy atom. The molecule has 13 heterocycles. The molecule has 127 heavy (non-hydrogen) atoms. The topological polar surface area (TPSA) is 373 Å². The van der Waals surface area contributed by atoms with E-state index < -0.39 is 85.2 Å². The monoisotopic (exact) mass is 1780 g/mol. The molecule has 17 rings (SSSR count). The van der Waals surface area contributed by atoms with Crippen LogP contribution in [0.2, 0.25) is 0 Å². The summed E-state index contributed by atoms with van der Waals surface area (Å²) in [6.45, 7) is 14.4. The van der Waals surface area contributed by atoms with Crippen LogP contribution in [-0.2, 0) is 88.5 Å². The lowest BCUT2D eigenvalue weighted by atomic mass is 9.95. The summed E-state index contributed by atoms with van der Waals surface area (Å²) >= 11 is 0. The van der Waals surface area contributed by atoms with Crippen molar-refractivity contribution in [3.63, 3.8) is 0 Å². The van der Waals surface area contributed by atoms with E-state index in [-0.39, 0.29) is 135 Å². The number of fused-ring (bicyclic) bond motifs is 12. The van der Waals surface area contributed by atoms with Gasteiger partial charge in [0.05, 0.1) is 68.1 Å². The van der Waals surface area contributed by atoms with Crippen LogP contribution in [0.5, 0.6) is 23.0 Å². The number of nitrogens with zero attached hydrogens (tertiary/aromatic N) is 15. The third kappa shape index (κ3) is 19.2. The Morgan fingerprint density at radius 1 is 0.496 bits per heavy atom. The highest BCUT2D eigenvalue weighted by molar-refractivity contribution is 5.97. The maximum absolute atomic E-state index is 15.2. The van der Waals surface area contributed by atoms with Crippen LogP contribution < -0.4 is 66.4 Å². The Balaban J connectivity index is 0.000000137. The molecule has 5 saturated heterocycles. The van der Waals surface area contributed by atoms with Crippen molar-refractivity contribution in [2.45, 2.75) is 148 Å². The molecule has 8 N–H and O–H groups in total. The van der Waals surface area contributed by atoms with E-state index in [9.17, 15) is 68.7 Å². The number of nitrogens with two attached hydrogens (primary N) is 4. The fourth-order valence-electron chi connectivity index (χ4n) is 17.2. The summed E-state index contributed by atoms with van der Waals surface area (Å²) in [6, 6.07) is 14.6. The summed E-state index contributed by atoms with van der Waals surface area (Å²) in [5.74, 6) is 0.332. The van der Waals surface area contributed by atoms with Gasteiger partial charge in [0.15, 0.2) is 40.7 Å². The number of alkyl halides is 8. The molecule has 4 aromatic heterocycles. The number of morpholine rings is 1. The van der Waals surface area contributed by atoms with Crippen LogP contribution in [0.15, 0.2) is 104 Å². The minimum atomic E-state index is -2.75. The number of hydrogen-bond donors (Lipinski definition) is 4. The molecule has 4 aromatic carbocycles. The van der Waals surface area contributed by atoms with Crippen LogP contribution in [0, 0.1) is 29.5 Å². The number of piperazine rings is 2. The molecular formula is C86H100F9N19O13. The number of carbonyl (C=O) groups excluding carboxylic acids is 7. The zero-order chi connectivity index (χ0) is 90.8. The van der Waals surface area contributed by atoms with E-state index in [0.29, 0.717) is 135 Å². The Hall–Kier alpha value is -12.4. The van der Waals surface area contributed by atoms with Gasteiger partial charge in [0, 0.05) is 73.9 Å². The van der Waals surface area contributed by atoms with Gasteiger partial charge in [-0.25, -0.2) is 59.4 Å². The molecule has 41 heteroatoms. The van der Waals surface area contributed by atoms with Gasteiger partial charge in [-0.15, -0.1) is 0 Å². The zero-order valence-electron chi connectivity index (χ0n) is 70.7. The van der Waals surface area contributed by atoms with E-state index in [2.05, 4.69) is 26.5 Å². The van der Waals surface area contributed by atoms with Gasteiger partial charge >= 0.3 is 0 Å². The molecule has 9 aliphatic rings. The van der Waals surface area contributed by atoms with Crippen molar-refractivity contribution >= 4 is 70.3 Å². The summed E-state index contributed by atoms with van der Waals surface area (Å²) in [4.78, 5) is 112. The second-order valence-corrected chi connectivity index (χ2v) is 32.7. The summed E-state index contributed by atoms with van der Waals surface area (Å²) in [5, 5.41) is 0. The molecule has 0 spiro atoms. The molecule has 0 saturated carbocycles. The van der Waals surface area contributed by atoms with Gasteiger partial charge < -0.3 is 74.5 Å². The number of amides is 7. The number of aromatic nitrogens is 8. The first-order valence-corrected chi connectivity index (χ1v) is 41.8. The standard InChI is InChI=1S/C22H25F2N5O3.C22H27F2N5O3.C21H24F3N5O3.C21H24F2N4O4/c1-12-5-6-28(19(12)21(25)30)14-3-4-15-17(9-14)31-8-7-27-10-18(26-22(15)27)29-13(2)32-11-16(29)20(23)24;1-3-14(21(25)31)8-13-4-5-15-17(9-13)32-7-6-28-11-18(26-22(15)28)29-16(20(23)24)10-27(2)12-19(29)30;1-11(20(25)31)7-12-3-4-13-18(17(12)22)32-6-5-28-9-15(26-21(13)28)29-14(19(23)24)8-27(2)10-16(29)30;1-2-13(20(24)29)7-12-3-4-14-16(8-12)31-6-5-26-9-17(25-21(14)26)27-15(19(22)23)10-30-11-18(27)28/h3-4,9-10,12,16,19-20H,2,5-8,11H2,1H3,(H2,25,30);4-5,9,11,14,16,20H,3,6-8,10,12H2,1-2H3,(H2,25,31);3-4,9,11,14,19H,5-8,10H2,1-2H3,(H2,25,31);3-4,8-9,13,15,19H,2,5-7,10-11H2,1H3,(H2,24,29)/t12-,16+,19+;14-,16+;11-,14+;13-,15+/m1111/s1. The molecule has 680 valence electrons. The zero-order valence-corrected chi connectivity index (χ0v) is 70.7. The average Bonchev–Trinajstić information content (AvgIpc) is 1.67. The molecule has 32 nitrogen and oxygen atoms in total. The highest BCUT2D eigenvalue weighted by Crippen LogP contribution is 2.44. The van der Waals surface area contributed by atoms with Crippen LogP contribution in [0.1, 0.15) is 63.6 Å². The molecule has 0 bridgehead atoms. The van der Waals surface area contributed by atoms with Crippen LogP contribution in [0.25, 0.3) is 45.6 Å². The highest BCUT2D eigenvalue weighted by atomic mass is 19.3. The number of halogens is 9. The first-order valence-electron chi connectivity index (χ1n) is 41.8. The van der Waals surface area contributed by atoms with Gasteiger partial charge in [-0.3, -0.25) is 63.0 Å². The largest absolute Gasteiger partial charge is 0.491 e. The van der Waals surface area contributed by atoms with Gasteiger partial charge in [0.2, 0.25) is 35.4 Å². The lowest BCUT2D eigenvalue weighted by Gasteiger charge is -2.37. The number of primary amides is 4. The van der Waals surface area contributed by atoms with Crippen LogP contribution in [-0.4, -0.2) is 238 Å². The number of anilines is 5. The predicted molar refractivity (Wildman–Crippen MR) is 447 cm³/mol. The number of carbonyl (C=O) groups is 7. The lowest BCUT2D eigenvalue weighted by Crippen LogP contribution is -2.58. The smallest absolute Gasteiger partial charge is 0.262 e. The number of rotatable bonds is 21. The van der Waals surface area contributed by atoms with Crippen molar-refractivity contribution in [1.82, 2.24) is 48.0 Å². The average molecular weight is 1780 g/mol. The van der Waals surface area contributed by atoms with Gasteiger partial charge in [0.25, 0.3) is 31.6 Å². The number of likely N-dealkylation sites (N-methyl/N-ethyl adjacent to an activating group) is 2. The first-order chi connectivity index (χ1) is 60.7. The molecule has 0 unspecified atom stereocenters. The Labute approximate surface area is 724 Å². The predicted octanol–water partition coefficient (Wildman–Crippen LogP) is 8.14. The van der Waals surface area contributed by atoms with E-state index >= 15 is 4.39 Å². The second kappa shape index (κ2) is 38.4. The maximum Gasteiger partial charge on any atom is 0.262 e. The van der Waals surface area contributed by atoms with E-state index in [1.807, 2.05) is 89.4 Å². The number of hydrogen-bond acceptors (Lipinski definition) is 21. The molecular weight excluding hydrogens is 1680 g/mol. The fraction of sp³-hybridized carbons (Fsp3) is 0.477. The van der Waals surface area contributed by atoms with Crippen molar-refractivity contribution in [2.24, 2.45) is 46.6 Å². The summed E-state index contributed by atoms with van der Waals surface area (Å²) < 4.78 is 165. The van der Waals surface area contributed by atoms with Crippen molar-refractivity contribution in [2.75, 3.05) is 118 Å². The Bertz CT molecular complexity index is 5450. The summed E-state index contributed by atoms with van der Waals surface area (Å²) in [7, 11) is 3.26.